The Hall–Kier alpha value is -1.55. The number of carboxylic acid groups (broad SMARTS) is 1. The topological polar surface area (TPSA) is 49.8 Å². The van der Waals surface area contributed by atoms with Crippen molar-refractivity contribution in [1.82, 2.24) is 4.90 Å². The fraction of sp³-hybridized carbons (Fsp3) is 0.533. The van der Waals surface area contributed by atoms with Crippen molar-refractivity contribution in [2.75, 3.05) is 19.7 Å². The van der Waals surface area contributed by atoms with Gasteiger partial charge in [0.15, 0.2) is 0 Å². The van der Waals surface area contributed by atoms with Gasteiger partial charge in [0.05, 0.1) is 6.54 Å². The van der Waals surface area contributed by atoms with Crippen LogP contribution >= 0.6 is 0 Å². The second-order valence-corrected chi connectivity index (χ2v) is 4.97. The number of carboxylic acids is 1. The largest absolute Gasteiger partial charge is 0.492 e. The summed E-state index contributed by atoms with van der Waals surface area (Å²) < 4.78 is 5.77. The van der Waals surface area contributed by atoms with E-state index in [1.54, 1.807) is 0 Å². The molecule has 1 aromatic rings. The first-order valence-electron chi connectivity index (χ1n) is 6.86. The Labute approximate surface area is 114 Å². The molecule has 0 saturated carbocycles. The zero-order valence-corrected chi connectivity index (χ0v) is 11.3. The molecule has 1 fully saturated rings. The number of benzene rings is 1. The molecule has 0 amide bonds. The predicted octanol–water partition coefficient (Wildman–Crippen LogP) is 2.18. The first kappa shape index (κ1) is 13.9. The standard InChI is InChI=1S/C15H21NO3/c1-2-12-5-7-14(8-6-12)19-11-13-4-3-9-16(13)10-15(17)18/h5-8,13H,2-4,9-11H2,1H3,(H,17,18)/t13-/m0/s1. The van der Waals surface area contributed by atoms with E-state index in [2.05, 4.69) is 19.1 Å². The number of hydrogen-bond donors (Lipinski definition) is 1. The first-order valence-corrected chi connectivity index (χ1v) is 6.86. The highest BCUT2D eigenvalue weighted by Gasteiger charge is 2.26. The van der Waals surface area contributed by atoms with Crippen LogP contribution in [0.5, 0.6) is 5.75 Å². The average molecular weight is 263 g/mol. The van der Waals surface area contributed by atoms with Crippen LogP contribution in [0.1, 0.15) is 25.3 Å². The number of aliphatic carboxylic acids is 1. The molecule has 4 heteroatoms. The van der Waals surface area contributed by atoms with Crippen molar-refractivity contribution in [3.8, 4) is 5.75 Å². The van der Waals surface area contributed by atoms with Crippen molar-refractivity contribution >= 4 is 5.97 Å². The van der Waals surface area contributed by atoms with Gasteiger partial charge in [0.2, 0.25) is 0 Å². The third-order valence-electron chi connectivity index (χ3n) is 3.61. The maximum Gasteiger partial charge on any atom is 0.317 e. The van der Waals surface area contributed by atoms with E-state index in [9.17, 15) is 4.79 Å². The highest BCUT2D eigenvalue weighted by molar-refractivity contribution is 5.69. The quantitative estimate of drug-likeness (QED) is 0.854. The zero-order chi connectivity index (χ0) is 13.7. The molecule has 1 aliphatic rings. The second kappa shape index (κ2) is 6.57. The van der Waals surface area contributed by atoms with Gasteiger partial charge in [-0.05, 0) is 43.5 Å². The maximum atomic E-state index is 10.8. The van der Waals surface area contributed by atoms with Gasteiger partial charge in [0.25, 0.3) is 0 Å². The maximum absolute atomic E-state index is 10.8. The first-order chi connectivity index (χ1) is 9.19. The van der Waals surface area contributed by atoms with Gasteiger partial charge >= 0.3 is 5.97 Å². The molecule has 0 bridgehead atoms. The molecule has 4 nitrogen and oxygen atoms in total. The van der Waals surface area contributed by atoms with E-state index in [1.807, 2.05) is 17.0 Å². The normalized spacial score (nSPS) is 19.5. The van der Waals surface area contributed by atoms with Crippen LogP contribution in [0.25, 0.3) is 0 Å². The number of likely N-dealkylation sites (tertiary alicyclic amines) is 1. The molecule has 1 saturated heterocycles. The molecule has 19 heavy (non-hydrogen) atoms. The second-order valence-electron chi connectivity index (χ2n) is 4.97. The Morgan fingerprint density at radius 2 is 2.16 bits per heavy atom. The summed E-state index contributed by atoms with van der Waals surface area (Å²) in [6.45, 7) is 3.66. The Morgan fingerprint density at radius 3 is 2.79 bits per heavy atom. The minimum atomic E-state index is -0.765. The number of aryl methyl sites for hydroxylation is 1. The number of rotatable bonds is 6. The van der Waals surface area contributed by atoms with Gasteiger partial charge in [0.1, 0.15) is 12.4 Å². The summed E-state index contributed by atoms with van der Waals surface area (Å²) in [6, 6.07) is 8.32. The lowest BCUT2D eigenvalue weighted by atomic mass is 10.2. The highest BCUT2D eigenvalue weighted by atomic mass is 16.5. The lowest BCUT2D eigenvalue weighted by Gasteiger charge is -2.22. The van der Waals surface area contributed by atoms with Crippen molar-refractivity contribution in [3.63, 3.8) is 0 Å². The summed E-state index contributed by atoms with van der Waals surface area (Å²) >= 11 is 0. The predicted molar refractivity (Wildman–Crippen MR) is 73.5 cm³/mol. The van der Waals surface area contributed by atoms with E-state index >= 15 is 0 Å². The minimum absolute atomic E-state index is 0.114. The summed E-state index contributed by atoms with van der Waals surface area (Å²) in [5, 5.41) is 8.85. The van der Waals surface area contributed by atoms with Crippen molar-refractivity contribution < 1.29 is 14.6 Å². The van der Waals surface area contributed by atoms with E-state index in [0.717, 1.165) is 31.6 Å². The lowest BCUT2D eigenvalue weighted by Crippen LogP contribution is -2.37. The molecule has 0 radical (unpaired) electrons. The van der Waals surface area contributed by atoms with Crippen molar-refractivity contribution in [2.24, 2.45) is 0 Å². The fourth-order valence-electron chi connectivity index (χ4n) is 2.48. The van der Waals surface area contributed by atoms with Crippen LogP contribution in [-0.4, -0.2) is 41.7 Å². The summed E-state index contributed by atoms with van der Waals surface area (Å²) in [5.41, 5.74) is 1.29. The third kappa shape index (κ3) is 3.96. The third-order valence-corrected chi connectivity index (χ3v) is 3.61. The Morgan fingerprint density at radius 1 is 1.42 bits per heavy atom. The Kier molecular flexibility index (Phi) is 4.80. The number of nitrogens with zero attached hydrogens (tertiary/aromatic N) is 1. The number of ether oxygens (including phenoxy) is 1. The molecule has 0 unspecified atom stereocenters. The molecule has 1 heterocycles. The fourth-order valence-corrected chi connectivity index (χ4v) is 2.48. The number of hydrogen-bond acceptors (Lipinski definition) is 3. The van der Waals surface area contributed by atoms with Gasteiger partial charge in [0, 0.05) is 6.04 Å². The average Bonchev–Trinajstić information content (AvgIpc) is 2.83. The molecule has 1 atom stereocenters. The van der Waals surface area contributed by atoms with Crippen LogP contribution in [0, 0.1) is 0 Å². The van der Waals surface area contributed by atoms with Gasteiger partial charge in [-0.3, -0.25) is 9.69 Å². The molecule has 0 spiro atoms. The molecule has 1 aliphatic heterocycles. The van der Waals surface area contributed by atoms with Crippen molar-refractivity contribution in [2.45, 2.75) is 32.2 Å². The van der Waals surface area contributed by atoms with Crippen LogP contribution in [0.2, 0.25) is 0 Å². The van der Waals surface area contributed by atoms with Gasteiger partial charge in [-0.1, -0.05) is 19.1 Å². The smallest absolute Gasteiger partial charge is 0.317 e. The van der Waals surface area contributed by atoms with Gasteiger partial charge in [-0.15, -0.1) is 0 Å². The van der Waals surface area contributed by atoms with E-state index in [0.29, 0.717) is 6.61 Å². The van der Waals surface area contributed by atoms with E-state index < -0.39 is 5.97 Å². The molecular formula is C15H21NO3. The van der Waals surface area contributed by atoms with Crippen LogP contribution in [-0.2, 0) is 11.2 Å². The number of carbonyl (C=O) groups is 1. The molecule has 1 N–H and O–H groups in total. The SMILES string of the molecule is CCc1ccc(OC[C@@H]2CCCN2CC(=O)O)cc1. The molecular weight excluding hydrogens is 242 g/mol. The van der Waals surface area contributed by atoms with E-state index in [1.165, 1.54) is 5.56 Å². The Bertz CT molecular complexity index is 416. The van der Waals surface area contributed by atoms with Crippen molar-refractivity contribution in [3.05, 3.63) is 29.8 Å². The Balaban J connectivity index is 1.85. The van der Waals surface area contributed by atoms with Crippen LogP contribution in [0.3, 0.4) is 0 Å². The van der Waals surface area contributed by atoms with E-state index in [-0.39, 0.29) is 12.6 Å². The summed E-state index contributed by atoms with van der Waals surface area (Å²) in [7, 11) is 0. The molecule has 0 aromatic heterocycles. The van der Waals surface area contributed by atoms with Gasteiger partial charge in [-0.25, -0.2) is 0 Å². The minimum Gasteiger partial charge on any atom is -0.492 e. The monoisotopic (exact) mass is 263 g/mol. The van der Waals surface area contributed by atoms with E-state index in [4.69, 9.17) is 9.84 Å². The summed E-state index contributed by atoms with van der Waals surface area (Å²) in [6.07, 6.45) is 3.09. The summed E-state index contributed by atoms with van der Waals surface area (Å²) in [4.78, 5) is 12.8. The molecule has 1 aromatic carbocycles. The van der Waals surface area contributed by atoms with Crippen LogP contribution in [0.15, 0.2) is 24.3 Å². The van der Waals surface area contributed by atoms with Gasteiger partial charge < -0.3 is 9.84 Å². The van der Waals surface area contributed by atoms with Crippen molar-refractivity contribution in [1.29, 1.82) is 0 Å². The van der Waals surface area contributed by atoms with Gasteiger partial charge in [-0.2, -0.15) is 0 Å². The van der Waals surface area contributed by atoms with Crippen LogP contribution in [0.4, 0.5) is 0 Å². The molecule has 104 valence electrons. The summed E-state index contributed by atoms with van der Waals surface area (Å²) in [5.74, 6) is 0.0959. The highest BCUT2D eigenvalue weighted by Crippen LogP contribution is 2.19. The molecule has 2 rings (SSSR count). The lowest BCUT2D eigenvalue weighted by molar-refractivity contribution is -0.138. The molecule has 0 aliphatic carbocycles. The van der Waals surface area contributed by atoms with Crippen LogP contribution < -0.4 is 4.74 Å². The zero-order valence-electron chi connectivity index (χ0n) is 11.3.